The summed E-state index contributed by atoms with van der Waals surface area (Å²) in [5.41, 5.74) is 1.89. The summed E-state index contributed by atoms with van der Waals surface area (Å²) in [6.07, 6.45) is 5.49. The molecule has 0 aromatic carbocycles. The van der Waals surface area contributed by atoms with Gasteiger partial charge in [0.05, 0.1) is 10.5 Å². The SMILES string of the molecule is CC[C@H](C)N1C(=O)/C(=C/c2c(N3C[C@H](C)C[C@H](C)C3)nc3ccc(C)cn3c2=O)SC1=S. The zero-order valence-electron chi connectivity index (χ0n) is 19.3. The lowest BCUT2D eigenvalue weighted by Crippen LogP contribution is -2.40. The number of rotatable bonds is 4. The molecule has 0 spiro atoms. The monoisotopic (exact) mass is 470 g/mol. The molecule has 0 saturated carbocycles. The number of aryl methyl sites for hydroxylation is 1. The van der Waals surface area contributed by atoms with E-state index in [1.165, 1.54) is 11.8 Å². The van der Waals surface area contributed by atoms with Crippen LogP contribution in [0, 0.1) is 18.8 Å². The van der Waals surface area contributed by atoms with Crippen LogP contribution in [0.25, 0.3) is 11.7 Å². The zero-order valence-corrected chi connectivity index (χ0v) is 20.9. The van der Waals surface area contributed by atoms with Crippen molar-refractivity contribution in [3.8, 4) is 0 Å². The summed E-state index contributed by atoms with van der Waals surface area (Å²) in [7, 11) is 0. The van der Waals surface area contributed by atoms with E-state index in [-0.39, 0.29) is 17.5 Å². The summed E-state index contributed by atoms with van der Waals surface area (Å²) in [6, 6.07) is 3.86. The quantitative estimate of drug-likeness (QED) is 0.485. The van der Waals surface area contributed by atoms with Gasteiger partial charge < -0.3 is 4.90 Å². The van der Waals surface area contributed by atoms with E-state index in [4.69, 9.17) is 17.2 Å². The van der Waals surface area contributed by atoms with Gasteiger partial charge in [0, 0.05) is 25.3 Å². The molecule has 1 amide bonds. The number of nitrogens with zero attached hydrogens (tertiary/aromatic N) is 4. The van der Waals surface area contributed by atoms with E-state index >= 15 is 0 Å². The number of thiocarbonyl (C=S) groups is 1. The summed E-state index contributed by atoms with van der Waals surface area (Å²) in [5, 5.41) is 0. The van der Waals surface area contributed by atoms with Gasteiger partial charge in [0.15, 0.2) is 0 Å². The second-order valence-electron chi connectivity index (χ2n) is 9.25. The fraction of sp³-hybridized carbons (Fsp3) is 0.500. The van der Waals surface area contributed by atoms with Crippen molar-refractivity contribution in [1.82, 2.24) is 14.3 Å². The van der Waals surface area contributed by atoms with Crippen LogP contribution in [0.5, 0.6) is 0 Å². The number of anilines is 1. The van der Waals surface area contributed by atoms with Crippen molar-refractivity contribution in [2.24, 2.45) is 11.8 Å². The molecule has 3 atom stereocenters. The minimum atomic E-state index is -0.159. The molecule has 4 rings (SSSR count). The minimum Gasteiger partial charge on any atom is -0.355 e. The van der Waals surface area contributed by atoms with Crippen LogP contribution < -0.4 is 10.5 Å². The highest BCUT2D eigenvalue weighted by molar-refractivity contribution is 8.26. The first-order chi connectivity index (χ1) is 15.2. The summed E-state index contributed by atoms with van der Waals surface area (Å²) in [6.45, 7) is 12.1. The lowest BCUT2D eigenvalue weighted by Gasteiger charge is -2.36. The molecule has 2 fully saturated rings. The molecule has 8 heteroatoms. The number of aromatic nitrogens is 2. The maximum Gasteiger partial charge on any atom is 0.267 e. The summed E-state index contributed by atoms with van der Waals surface area (Å²) in [5.74, 6) is 1.54. The van der Waals surface area contributed by atoms with Crippen molar-refractivity contribution in [3.63, 3.8) is 0 Å². The van der Waals surface area contributed by atoms with Gasteiger partial charge >= 0.3 is 0 Å². The van der Waals surface area contributed by atoms with E-state index in [2.05, 4.69) is 18.7 Å². The fourth-order valence-corrected chi connectivity index (χ4v) is 6.07. The van der Waals surface area contributed by atoms with Gasteiger partial charge in [-0.25, -0.2) is 4.98 Å². The summed E-state index contributed by atoms with van der Waals surface area (Å²) < 4.78 is 2.12. The first-order valence-corrected chi connectivity index (χ1v) is 12.5. The molecule has 2 aliphatic rings. The molecular weight excluding hydrogens is 440 g/mol. The second kappa shape index (κ2) is 8.98. The Balaban J connectivity index is 1.88. The molecule has 6 nitrogen and oxygen atoms in total. The molecule has 0 N–H and O–H groups in total. The first-order valence-electron chi connectivity index (χ1n) is 11.2. The van der Waals surface area contributed by atoms with Crippen LogP contribution in [0.3, 0.4) is 0 Å². The average Bonchev–Trinajstić information content (AvgIpc) is 3.02. The lowest BCUT2D eigenvalue weighted by molar-refractivity contribution is -0.123. The highest BCUT2D eigenvalue weighted by Gasteiger charge is 2.35. The highest BCUT2D eigenvalue weighted by Crippen LogP contribution is 2.36. The number of piperidine rings is 1. The highest BCUT2D eigenvalue weighted by atomic mass is 32.2. The van der Waals surface area contributed by atoms with Crippen molar-refractivity contribution in [1.29, 1.82) is 0 Å². The molecule has 0 unspecified atom stereocenters. The normalized spacial score (nSPS) is 24.1. The van der Waals surface area contributed by atoms with E-state index < -0.39 is 0 Å². The van der Waals surface area contributed by atoms with Crippen LogP contribution in [0.1, 0.15) is 51.7 Å². The Labute approximate surface area is 198 Å². The molecule has 170 valence electrons. The van der Waals surface area contributed by atoms with Gasteiger partial charge in [-0.15, -0.1) is 0 Å². The molecule has 2 aliphatic heterocycles. The van der Waals surface area contributed by atoms with Crippen LogP contribution >= 0.6 is 24.0 Å². The topological polar surface area (TPSA) is 57.9 Å². The third-order valence-corrected chi connectivity index (χ3v) is 7.61. The van der Waals surface area contributed by atoms with Crippen LogP contribution in [-0.4, -0.2) is 43.6 Å². The predicted octanol–water partition coefficient (Wildman–Crippen LogP) is 4.48. The smallest absolute Gasteiger partial charge is 0.267 e. The third kappa shape index (κ3) is 4.22. The van der Waals surface area contributed by atoms with Gasteiger partial charge in [0.1, 0.15) is 15.8 Å². The number of hydrogen-bond acceptors (Lipinski definition) is 6. The molecule has 32 heavy (non-hydrogen) atoms. The maximum atomic E-state index is 13.6. The first kappa shape index (κ1) is 23.0. The lowest BCUT2D eigenvalue weighted by atomic mass is 9.91. The maximum absolute atomic E-state index is 13.6. The van der Waals surface area contributed by atoms with Crippen molar-refractivity contribution in [3.05, 3.63) is 44.7 Å². The Hall–Kier alpha value is -2.19. The molecule has 0 bridgehead atoms. The Bertz CT molecular complexity index is 1160. The van der Waals surface area contributed by atoms with Crippen molar-refractivity contribution in [2.45, 2.75) is 53.5 Å². The fourth-order valence-electron chi connectivity index (χ4n) is 4.62. The van der Waals surface area contributed by atoms with E-state index in [1.54, 1.807) is 21.6 Å². The van der Waals surface area contributed by atoms with Crippen LogP contribution in [0.2, 0.25) is 0 Å². The molecule has 0 radical (unpaired) electrons. The van der Waals surface area contributed by atoms with E-state index in [9.17, 15) is 9.59 Å². The molecule has 2 aromatic heterocycles. The van der Waals surface area contributed by atoms with Gasteiger partial charge in [0.2, 0.25) is 0 Å². The van der Waals surface area contributed by atoms with Gasteiger partial charge in [-0.1, -0.05) is 50.8 Å². The third-order valence-electron chi connectivity index (χ3n) is 6.28. The number of carbonyl (C=O) groups excluding carboxylic acids is 1. The van der Waals surface area contributed by atoms with Crippen molar-refractivity contribution >= 4 is 51.7 Å². The van der Waals surface area contributed by atoms with Crippen LogP contribution in [-0.2, 0) is 4.79 Å². The Morgan fingerprint density at radius 1 is 1.25 bits per heavy atom. The number of hydrogen-bond donors (Lipinski definition) is 0. The molecule has 4 heterocycles. The van der Waals surface area contributed by atoms with Gasteiger partial charge in [-0.05, 0) is 56.2 Å². The van der Waals surface area contributed by atoms with Crippen molar-refractivity contribution < 1.29 is 4.79 Å². The minimum absolute atomic E-state index is 0.0233. The predicted molar refractivity (Wildman–Crippen MR) is 136 cm³/mol. The van der Waals surface area contributed by atoms with Gasteiger partial charge in [-0.3, -0.25) is 18.9 Å². The number of pyridine rings is 1. The molecule has 0 aliphatic carbocycles. The summed E-state index contributed by atoms with van der Waals surface area (Å²) in [4.78, 5) is 36.0. The standard InChI is InChI=1S/C24H30N4O2S2/c1-6-17(5)28-23(30)19(32-24(28)31)10-18-21(26-11-15(3)9-16(4)12-26)25-20-8-7-14(2)13-27(20)22(18)29/h7-8,10,13,15-17H,6,9,11-12H2,1-5H3/b19-10-/t15-,16+,17-/m0/s1. The Kier molecular flexibility index (Phi) is 6.45. The largest absolute Gasteiger partial charge is 0.355 e. The molecule has 2 saturated heterocycles. The van der Waals surface area contributed by atoms with Crippen molar-refractivity contribution in [2.75, 3.05) is 18.0 Å². The van der Waals surface area contributed by atoms with Gasteiger partial charge in [-0.2, -0.15) is 0 Å². The van der Waals surface area contributed by atoms with Crippen LogP contribution in [0.15, 0.2) is 28.0 Å². The van der Waals surface area contributed by atoms with E-state index in [1.807, 2.05) is 32.9 Å². The van der Waals surface area contributed by atoms with E-state index in [0.29, 0.717) is 38.1 Å². The Morgan fingerprint density at radius 3 is 2.59 bits per heavy atom. The number of thioether (sulfide) groups is 1. The zero-order chi connectivity index (χ0) is 23.2. The number of fused-ring (bicyclic) bond motifs is 1. The van der Waals surface area contributed by atoms with Gasteiger partial charge in [0.25, 0.3) is 11.5 Å². The van der Waals surface area contributed by atoms with Crippen LogP contribution in [0.4, 0.5) is 5.82 Å². The molecule has 2 aromatic rings. The summed E-state index contributed by atoms with van der Waals surface area (Å²) >= 11 is 6.76. The number of carbonyl (C=O) groups is 1. The van der Waals surface area contributed by atoms with E-state index in [0.717, 1.165) is 31.5 Å². The second-order valence-corrected chi connectivity index (χ2v) is 10.9. The Morgan fingerprint density at radius 2 is 1.94 bits per heavy atom. The molecular formula is C24H30N4O2S2. The average molecular weight is 471 g/mol. The number of amides is 1.